The van der Waals surface area contributed by atoms with Gasteiger partial charge in [-0.05, 0) is 25.5 Å². The van der Waals surface area contributed by atoms with Gasteiger partial charge in [-0.2, -0.15) is 0 Å². The van der Waals surface area contributed by atoms with Crippen LogP contribution in [-0.2, 0) is 0 Å². The molecule has 1 atom stereocenters. The first-order valence-electron chi connectivity index (χ1n) is 5.65. The van der Waals surface area contributed by atoms with Gasteiger partial charge in [-0.15, -0.1) is 0 Å². The van der Waals surface area contributed by atoms with Gasteiger partial charge in [-0.3, -0.25) is 4.79 Å². The van der Waals surface area contributed by atoms with E-state index in [-0.39, 0.29) is 11.9 Å². The monoisotopic (exact) mass is 237 g/mol. The third-order valence-electron chi connectivity index (χ3n) is 2.64. The molecular weight excluding hydrogens is 218 g/mol. The minimum atomic E-state index is -0.143. The van der Waals surface area contributed by atoms with Gasteiger partial charge in [-0.1, -0.05) is 13.0 Å². The average molecular weight is 237 g/mol. The second-order valence-corrected chi connectivity index (χ2v) is 3.82. The van der Waals surface area contributed by atoms with Crippen LogP contribution in [0.25, 0.3) is 0 Å². The quantitative estimate of drug-likeness (QED) is 0.854. The van der Waals surface area contributed by atoms with Crippen molar-refractivity contribution in [3.8, 4) is 11.5 Å². The fourth-order valence-corrected chi connectivity index (χ4v) is 1.47. The molecule has 1 aromatic rings. The van der Waals surface area contributed by atoms with Gasteiger partial charge in [-0.25, -0.2) is 0 Å². The molecule has 0 fully saturated rings. The molecule has 0 saturated carbocycles. The molecule has 4 heteroatoms. The van der Waals surface area contributed by atoms with E-state index in [0.717, 1.165) is 6.42 Å². The van der Waals surface area contributed by atoms with Crippen molar-refractivity contribution in [3.63, 3.8) is 0 Å². The van der Waals surface area contributed by atoms with Gasteiger partial charge in [0.25, 0.3) is 5.91 Å². The Kier molecular flexibility index (Phi) is 4.82. The summed E-state index contributed by atoms with van der Waals surface area (Å²) in [6.45, 7) is 3.98. The summed E-state index contributed by atoms with van der Waals surface area (Å²) in [5.74, 6) is 0.884. The minimum Gasteiger partial charge on any atom is -0.493 e. The lowest BCUT2D eigenvalue weighted by atomic mass is 10.1. The number of hydrogen-bond acceptors (Lipinski definition) is 3. The molecule has 17 heavy (non-hydrogen) atoms. The predicted octanol–water partition coefficient (Wildman–Crippen LogP) is 2.23. The number of ether oxygens (including phenoxy) is 2. The van der Waals surface area contributed by atoms with Crippen LogP contribution >= 0.6 is 0 Å². The Hall–Kier alpha value is -1.71. The molecule has 0 aliphatic heterocycles. The van der Waals surface area contributed by atoms with Crippen LogP contribution in [0.1, 0.15) is 30.6 Å². The average Bonchev–Trinajstić information content (AvgIpc) is 2.37. The smallest absolute Gasteiger partial charge is 0.255 e. The van der Waals surface area contributed by atoms with Gasteiger partial charge >= 0.3 is 0 Å². The van der Waals surface area contributed by atoms with E-state index in [1.165, 1.54) is 7.11 Å². The van der Waals surface area contributed by atoms with Crippen LogP contribution in [0.3, 0.4) is 0 Å². The predicted molar refractivity (Wildman–Crippen MR) is 66.8 cm³/mol. The van der Waals surface area contributed by atoms with Gasteiger partial charge < -0.3 is 14.8 Å². The van der Waals surface area contributed by atoms with E-state index in [0.29, 0.717) is 17.1 Å². The van der Waals surface area contributed by atoms with Crippen molar-refractivity contribution in [1.29, 1.82) is 0 Å². The van der Waals surface area contributed by atoms with E-state index in [1.54, 1.807) is 25.3 Å². The second-order valence-electron chi connectivity index (χ2n) is 3.82. The van der Waals surface area contributed by atoms with Crippen LogP contribution < -0.4 is 14.8 Å². The van der Waals surface area contributed by atoms with Crippen LogP contribution in [0, 0.1) is 0 Å². The van der Waals surface area contributed by atoms with Crippen molar-refractivity contribution >= 4 is 5.91 Å². The maximum Gasteiger partial charge on any atom is 0.255 e. The Morgan fingerprint density at radius 2 is 2.06 bits per heavy atom. The highest BCUT2D eigenvalue weighted by atomic mass is 16.5. The molecule has 94 valence electrons. The Morgan fingerprint density at radius 1 is 1.35 bits per heavy atom. The first-order valence-corrected chi connectivity index (χ1v) is 5.65. The highest BCUT2D eigenvalue weighted by Gasteiger charge is 2.17. The summed E-state index contributed by atoms with van der Waals surface area (Å²) in [6.07, 6.45) is 0.887. The summed E-state index contributed by atoms with van der Waals surface area (Å²) in [6, 6.07) is 5.39. The van der Waals surface area contributed by atoms with Crippen molar-refractivity contribution in [1.82, 2.24) is 5.32 Å². The van der Waals surface area contributed by atoms with Crippen LogP contribution in [0.15, 0.2) is 18.2 Å². The number of para-hydroxylation sites is 1. The summed E-state index contributed by atoms with van der Waals surface area (Å²) in [4.78, 5) is 12.0. The first kappa shape index (κ1) is 13.4. The Morgan fingerprint density at radius 3 is 2.59 bits per heavy atom. The number of amides is 1. The highest BCUT2D eigenvalue weighted by molar-refractivity contribution is 5.97. The lowest BCUT2D eigenvalue weighted by Gasteiger charge is -2.15. The normalized spacial score (nSPS) is 11.8. The second kappa shape index (κ2) is 6.13. The lowest BCUT2D eigenvalue weighted by molar-refractivity contribution is 0.0935. The molecule has 0 bridgehead atoms. The van der Waals surface area contributed by atoms with Crippen LogP contribution in [-0.4, -0.2) is 26.2 Å². The molecule has 0 aromatic heterocycles. The highest BCUT2D eigenvalue weighted by Crippen LogP contribution is 2.30. The first-order chi connectivity index (χ1) is 8.13. The molecule has 4 nitrogen and oxygen atoms in total. The van der Waals surface area contributed by atoms with Crippen molar-refractivity contribution in [2.24, 2.45) is 0 Å². The number of benzene rings is 1. The van der Waals surface area contributed by atoms with Crippen LogP contribution in [0.2, 0.25) is 0 Å². The minimum absolute atomic E-state index is 0.137. The Bertz CT molecular complexity index is 390. The Labute approximate surface area is 102 Å². The van der Waals surface area contributed by atoms with Crippen LogP contribution in [0.5, 0.6) is 11.5 Å². The number of carbonyl (C=O) groups excluding carboxylic acids is 1. The summed E-state index contributed by atoms with van der Waals surface area (Å²) in [5, 5.41) is 2.90. The fourth-order valence-electron chi connectivity index (χ4n) is 1.47. The third kappa shape index (κ3) is 3.12. The van der Waals surface area contributed by atoms with E-state index in [9.17, 15) is 4.79 Å². The SMILES string of the molecule is CC[C@@H](C)NC(=O)c1cccc(OC)c1OC. The van der Waals surface area contributed by atoms with E-state index in [4.69, 9.17) is 9.47 Å². The molecule has 0 heterocycles. The molecule has 1 amide bonds. The number of nitrogens with one attached hydrogen (secondary N) is 1. The molecule has 0 aliphatic rings. The molecule has 1 aromatic carbocycles. The van der Waals surface area contributed by atoms with Gasteiger partial charge in [0, 0.05) is 6.04 Å². The molecule has 0 aliphatic carbocycles. The number of hydrogen-bond donors (Lipinski definition) is 1. The third-order valence-corrected chi connectivity index (χ3v) is 2.64. The van der Waals surface area contributed by atoms with Gasteiger partial charge in [0.05, 0.1) is 19.8 Å². The Balaban J connectivity index is 3.00. The van der Waals surface area contributed by atoms with Crippen LogP contribution in [0.4, 0.5) is 0 Å². The maximum absolute atomic E-state index is 12.0. The zero-order valence-corrected chi connectivity index (χ0v) is 10.7. The summed E-state index contributed by atoms with van der Waals surface area (Å²) < 4.78 is 10.4. The topological polar surface area (TPSA) is 47.6 Å². The molecule has 0 unspecified atom stereocenters. The zero-order valence-electron chi connectivity index (χ0n) is 10.7. The van der Waals surface area contributed by atoms with E-state index < -0.39 is 0 Å². The van der Waals surface area contributed by atoms with Crippen molar-refractivity contribution in [2.45, 2.75) is 26.3 Å². The number of methoxy groups -OCH3 is 2. The fraction of sp³-hybridized carbons (Fsp3) is 0.462. The molecule has 0 saturated heterocycles. The number of rotatable bonds is 5. The molecule has 0 spiro atoms. The largest absolute Gasteiger partial charge is 0.493 e. The van der Waals surface area contributed by atoms with Crippen molar-refractivity contribution in [2.75, 3.05) is 14.2 Å². The van der Waals surface area contributed by atoms with E-state index in [2.05, 4.69) is 5.32 Å². The summed E-state index contributed by atoms with van der Waals surface area (Å²) >= 11 is 0. The standard InChI is InChI=1S/C13H19NO3/c1-5-9(2)14-13(15)10-7-6-8-11(16-3)12(10)17-4/h6-9H,5H2,1-4H3,(H,14,15)/t9-/m1/s1. The lowest BCUT2D eigenvalue weighted by Crippen LogP contribution is -2.32. The summed E-state index contributed by atoms with van der Waals surface area (Å²) in [7, 11) is 3.08. The van der Waals surface area contributed by atoms with Gasteiger partial charge in [0.15, 0.2) is 11.5 Å². The molecule has 1 N–H and O–H groups in total. The van der Waals surface area contributed by atoms with E-state index >= 15 is 0 Å². The molecule has 0 radical (unpaired) electrons. The van der Waals surface area contributed by atoms with Gasteiger partial charge in [0.2, 0.25) is 0 Å². The maximum atomic E-state index is 12.0. The summed E-state index contributed by atoms with van der Waals surface area (Å²) in [5.41, 5.74) is 0.493. The molecule has 1 rings (SSSR count). The van der Waals surface area contributed by atoms with Crippen molar-refractivity contribution in [3.05, 3.63) is 23.8 Å². The zero-order chi connectivity index (χ0) is 12.8. The number of carbonyl (C=O) groups is 1. The molecular formula is C13H19NO3. The van der Waals surface area contributed by atoms with Crippen molar-refractivity contribution < 1.29 is 14.3 Å². The van der Waals surface area contributed by atoms with Gasteiger partial charge in [0.1, 0.15) is 0 Å². The van der Waals surface area contributed by atoms with E-state index in [1.807, 2.05) is 13.8 Å².